The smallest absolute Gasteiger partial charge is 0.259 e. The summed E-state index contributed by atoms with van der Waals surface area (Å²) in [6.07, 6.45) is 2.08. The topological polar surface area (TPSA) is 57.2 Å². The summed E-state index contributed by atoms with van der Waals surface area (Å²) in [5, 5.41) is 3.35. The third kappa shape index (κ3) is 7.63. The third-order valence-electron chi connectivity index (χ3n) is 4.45. The molecule has 0 saturated carbocycles. The van der Waals surface area contributed by atoms with Crippen LogP contribution >= 0.6 is 11.8 Å². The van der Waals surface area contributed by atoms with E-state index in [2.05, 4.69) is 47.7 Å². The van der Waals surface area contributed by atoms with E-state index in [0.717, 1.165) is 24.6 Å². The molecule has 2 aromatic carbocycles. The van der Waals surface area contributed by atoms with E-state index in [1.165, 1.54) is 15.4 Å². The molecule has 162 valence electrons. The average molecular weight is 429 g/mol. The first-order valence-electron chi connectivity index (χ1n) is 9.97. The molecule has 30 heavy (non-hydrogen) atoms. The normalized spacial score (nSPS) is 11.2. The number of likely N-dealkylation sites (N-methyl/N-ethyl adjacent to an activating group) is 1. The first-order valence-corrected chi connectivity index (χ1v) is 11.2. The van der Waals surface area contributed by atoms with E-state index in [1.54, 1.807) is 25.9 Å². The summed E-state index contributed by atoms with van der Waals surface area (Å²) < 4.78 is 5.60. The van der Waals surface area contributed by atoms with E-state index in [9.17, 15) is 4.79 Å². The number of aliphatic imine (C=N–C) groups is 1. The summed E-state index contributed by atoms with van der Waals surface area (Å²) in [6, 6.07) is 16.3. The van der Waals surface area contributed by atoms with Gasteiger partial charge in [0.1, 0.15) is 5.75 Å². The van der Waals surface area contributed by atoms with Gasteiger partial charge in [0.2, 0.25) is 0 Å². The number of nitrogens with one attached hydrogen (secondary N) is 1. The zero-order chi connectivity index (χ0) is 21.9. The summed E-state index contributed by atoms with van der Waals surface area (Å²) in [6.45, 7) is 4.19. The second-order valence-electron chi connectivity index (χ2n) is 7.10. The van der Waals surface area contributed by atoms with Gasteiger partial charge in [-0.15, -0.1) is 11.8 Å². The van der Waals surface area contributed by atoms with Gasteiger partial charge >= 0.3 is 0 Å². The average Bonchev–Trinajstić information content (AvgIpc) is 2.75. The van der Waals surface area contributed by atoms with Crippen LogP contribution in [0, 0.1) is 0 Å². The molecule has 0 aliphatic carbocycles. The standard InChI is InChI=1S/C23H32N4O2S/c1-6-24-23(27(4)16-18-10-12-21(30-5)13-11-18)25-15-19-8-7-9-20(14-19)29-17-22(28)26(2)3/h7-14H,6,15-17H2,1-5H3,(H,24,25). The summed E-state index contributed by atoms with van der Waals surface area (Å²) >= 11 is 1.74. The molecule has 0 atom stereocenters. The molecule has 0 aromatic heterocycles. The Labute approximate surface area is 184 Å². The summed E-state index contributed by atoms with van der Waals surface area (Å²) in [5.41, 5.74) is 2.26. The second kappa shape index (κ2) is 12.1. The van der Waals surface area contributed by atoms with Gasteiger partial charge in [0.05, 0.1) is 6.54 Å². The molecule has 1 amide bonds. The van der Waals surface area contributed by atoms with Gasteiger partial charge in [-0.3, -0.25) is 4.79 Å². The molecular weight excluding hydrogens is 396 g/mol. The Bertz CT molecular complexity index is 837. The monoisotopic (exact) mass is 428 g/mol. The van der Waals surface area contributed by atoms with Crippen LogP contribution in [0.2, 0.25) is 0 Å². The largest absolute Gasteiger partial charge is 0.484 e. The van der Waals surface area contributed by atoms with Crippen molar-refractivity contribution < 1.29 is 9.53 Å². The zero-order valence-electron chi connectivity index (χ0n) is 18.5. The molecule has 0 aliphatic heterocycles. The molecule has 7 heteroatoms. The van der Waals surface area contributed by atoms with E-state index < -0.39 is 0 Å². The van der Waals surface area contributed by atoms with Crippen molar-refractivity contribution in [3.63, 3.8) is 0 Å². The van der Waals surface area contributed by atoms with Crippen LogP contribution in [0.3, 0.4) is 0 Å². The first-order chi connectivity index (χ1) is 14.4. The highest BCUT2D eigenvalue weighted by Crippen LogP contribution is 2.16. The predicted molar refractivity (Wildman–Crippen MR) is 125 cm³/mol. The Hall–Kier alpha value is -2.67. The first kappa shape index (κ1) is 23.6. The predicted octanol–water partition coefficient (Wildman–Crippen LogP) is 3.47. The highest BCUT2D eigenvalue weighted by atomic mass is 32.2. The summed E-state index contributed by atoms with van der Waals surface area (Å²) in [5.74, 6) is 1.45. The molecule has 1 N–H and O–H groups in total. The molecular formula is C23H32N4O2S. The maximum atomic E-state index is 11.7. The van der Waals surface area contributed by atoms with Crippen LogP contribution in [0.25, 0.3) is 0 Å². The van der Waals surface area contributed by atoms with Crippen molar-refractivity contribution >= 4 is 23.6 Å². The molecule has 0 unspecified atom stereocenters. The number of thioether (sulfide) groups is 1. The number of hydrogen-bond donors (Lipinski definition) is 1. The van der Waals surface area contributed by atoms with E-state index >= 15 is 0 Å². The van der Waals surface area contributed by atoms with Crippen molar-refractivity contribution in [1.29, 1.82) is 0 Å². The van der Waals surface area contributed by atoms with Crippen LogP contribution in [0.15, 0.2) is 58.4 Å². The third-order valence-corrected chi connectivity index (χ3v) is 5.19. The van der Waals surface area contributed by atoms with Gasteiger partial charge in [-0.1, -0.05) is 24.3 Å². The SMILES string of the molecule is CCNC(=NCc1cccc(OCC(=O)N(C)C)c1)N(C)Cc1ccc(SC)cc1. The Morgan fingerprint density at radius 1 is 1.10 bits per heavy atom. The number of benzene rings is 2. The van der Waals surface area contributed by atoms with Crippen molar-refractivity contribution in [1.82, 2.24) is 15.1 Å². The Morgan fingerprint density at radius 2 is 1.83 bits per heavy atom. The molecule has 2 aromatic rings. The van der Waals surface area contributed by atoms with E-state index in [0.29, 0.717) is 12.3 Å². The molecule has 2 rings (SSSR count). The molecule has 0 spiro atoms. The van der Waals surface area contributed by atoms with Crippen LogP contribution < -0.4 is 10.1 Å². The molecule has 6 nitrogen and oxygen atoms in total. The van der Waals surface area contributed by atoms with E-state index in [1.807, 2.05) is 31.3 Å². The van der Waals surface area contributed by atoms with Crippen LogP contribution in [0.5, 0.6) is 5.75 Å². The minimum Gasteiger partial charge on any atom is -0.484 e. The van der Waals surface area contributed by atoms with Gasteiger partial charge in [-0.05, 0) is 48.6 Å². The van der Waals surface area contributed by atoms with Gasteiger partial charge in [0, 0.05) is 39.1 Å². The lowest BCUT2D eigenvalue weighted by atomic mass is 10.2. The van der Waals surface area contributed by atoms with Gasteiger partial charge in [0.15, 0.2) is 12.6 Å². The van der Waals surface area contributed by atoms with Crippen molar-refractivity contribution in [3.8, 4) is 5.75 Å². The molecule has 0 aliphatic rings. The number of carbonyl (C=O) groups excluding carboxylic acids is 1. The zero-order valence-corrected chi connectivity index (χ0v) is 19.3. The number of ether oxygens (including phenoxy) is 1. The second-order valence-corrected chi connectivity index (χ2v) is 7.98. The minimum absolute atomic E-state index is 0.0282. The van der Waals surface area contributed by atoms with E-state index in [4.69, 9.17) is 9.73 Å². The highest BCUT2D eigenvalue weighted by Gasteiger charge is 2.08. The van der Waals surface area contributed by atoms with Gasteiger partial charge < -0.3 is 19.9 Å². The number of carbonyl (C=O) groups is 1. The van der Waals surface area contributed by atoms with E-state index in [-0.39, 0.29) is 12.5 Å². The Kier molecular flexibility index (Phi) is 9.54. The lowest BCUT2D eigenvalue weighted by molar-refractivity contribution is -0.130. The maximum Gasteiger partial charge on any atom is 0.259 e. The fourth-order valence-electron chi connectivity index (χ4n) is 2.72. The van der Waals surface area contributed by atoms with Gasteiger partial charge in [0.25, 0.3) is 5.91 Å². The quantitative estimate of drug-likeness (QED) is 0.377. The number of rotatable bonds is 9. The summed E-state index contributed by atoms with van der Waals surface area (Å²) in [7, 11) is 5.47. The lowest BCUT2D eigenvalue weighted by Crippen LogP contribution is -2.38. The van der Waals surface area contributed by atoms with Crippen molar-refractivity contribution in [2.24, 2.45) is 4.99 Å². The van der Waals surface area contributed by atoms with Gasteiger partial charge in [-0.25, -0.2) is 4.99 Å². The van der Waals surface area contributed by atoms with Gasteiger partial charge in [-0.2, -0.15) is 0 Å². The molecule has 0 bridgehead atoms. The lowest BCUT2D eigenvalue weighted by Gasteiger charge is -2.22. The number of guanidine groups is 1. The molecule has 0 radical (unpaired) electrons. The molecule has 0 heterocycles. The Morgan fingerprint density at radius 3 is 2.47 bits per heavy atom. The summed E-state index contributed by atoms with van der Waals surface area (Å²) in [4.78, 5) is 21.4. The van der Waals surface area contributed by atoms with Crippen molar-refractivity contribution in [3.05, 3.63) is 59.7 Å². The fraction of sp³-hybridized carbons (Fsp3) is 0.391. The van der Waals surface area contributed by atoms with Crippen molar-refractivity contribution in [2.45, 2.75) is 24.9 Å². The fourth-order valence-corrected chi connectivity index (χ4v) is 3.13. The number of hydrogen-bond acceptors (Lipinski definition) is 4. The highest BCUT2D eigenvalue weighted by molar-refractivity contribution is 7.98. The number of nitrogens with zero attached hydrogens (tertiary/aromatic N) is 3. The molecule has 0 fully saturated rings. The molecule has 0 saturated heterocycles. The van der Waals surface area contributed by atoms with Crippen LogP contribution in [0.4, 0.5) is 0 Å². The van der Waals surface area contributed by atoms with Crippen LogP contribution in [-0.2, 0) is 17.9 Å². The number of amides is 1. The van der Waals surface area contributed by atoms with Crippen molar-refractivity contribution in [2.75, 3.05) is 40.6 Å². The van der Waals surface area contributed by atoms with Crippen LogP contribution in [-0.4, -0.2) is 62.2 Å². The maximum absolute atomic E-state index is 11.7. The minimum atomic E-state index is -0.0694. The Balaban J connectivity index is 2.02. The van der Waals surface area contributed by atoms with Crippen LogP contribution in [0.1, 0.15) is 18.1 Å².